The van der Waals surface area contributed by atoms with Crippen molar-refractivity contribution in [3.8, 4) is 6.07 Å². The summed E-state index contributed by atoms with van der Waals surface area (Å²) in [6.45, 7) is 5.83. The molecular weight excluding hydrogens is 304 g/mol. The van der Waals surface area contributed by atoms with Crippen LogP contribution in [0.5, 0.6) is 0 Å². The van der Waals surface area contributed by atoms with Gasteiger partial charge in [-0.25, -0.2) is 0 Å². The fraction of sp³-hybridized carbons (Fsp3) is 0.286. The van der Waals surface area contributed by atoms with Gasteiger partial charge < -0.3 is 9.88 Å². The highest BCUT2D eigenvalue weighted by atomic mass is 32.1. The minimum Gasteiger partial charge on any atom is -0.328 e. The van der Waals surface area contributed by atoms with Gasteiger partial charge in [-0.05, 0) is 32.9 Å². The van der Waals surface area contributed by atoms with Crippen molar-refractivity contribution in [1.82, 2.24) is 4.57 Å². The minimum absolute atomic E-state index is 0.0888. The van der Waals surface area contributed by atoms with Gasteiger partial charge in [0.05, 0.1) is 15.4 Å². The van der Waals surface area contributed by atoms with Crippen molar-refractivity contribution < 1.29 is 9.72 Å². The minimum atomic E-state index is -0.535. The Morgan fingerprint density at radius 2 is 2.14 bits per heavy atom. The molecule has 0 radical (unpaired) electrons. The summed E-state index contributed by atoms with van der Waals surface area (Å²) in [5, 5.41) is 22.3. The van der Waals surface area contributed by atoms with E-state index in [1.807, 2.05) is 26.8 Å². The van der Waals surface area contributed by atoms with E-state index >= 15 is 0 Å². The molecule has 0 fully saturated rings. The number of amides is 1. The molecule has 2 aromatic rings. The van der Waals surface area contributed by atoms with Gasteiger partial charge in [-0.1, -0.05) is 11.3 Å². The number of nitrogens with one attached hydrogen (secondary N) is 1. The average Bonchev–Trinajstić information content (AvgIpc) is 3.04. The van der Waals surface area contributed by atoms with Crippen molar-refractivity contribution >= 4 is 28.1 Å². The van der Waals surface area contributed by atoms with Gasteiger partial charge in [0.1, 0.15) is 11.9 Å². The summed E-state index contributed by atoms with van der Waals surface area (Å²) in [7, 11) is 0. The third-order valence-corrected chi connectivity index (χ3v) is 3.94. The number of thiophene rings is 1. The number of carbonyl (C=O) groups excluding carboxylic acids is 1. The molecular formula is C14H14N4O3S. The first-order valence-corrected chi connectivity index (χ1v) is 7.22. The molecule has 0 bridgehead atoms. The van der Waals surface area contributed by atoms with Crippen LogP contribution in [-0.2, 0) is 5.54 Å². The van der Waals surface area contributed by atoms with Crippen LogP contribution in [-0.4, -0.2) is 15.4 Å². The van der Waals surface area contributed by atoms with Crippen LogP contribution in [0.1, 0.15) is 36.0 Å². The lowest BCUT2D eigenvalue weighted by molar-refractivity contribution is -0.380. The maximum Gasteiger partial charge on any atom is 0.324 e. The van der Waals surface area contributed by atoms with E-state index in [1.165, 1.54) is 12.1 Å². The van der Waals surface area contributed by atoms with Gasteiger partial charge in [0.15, 0.2) is 0 Å². The van der Waals surface area contributed by atoms with Crippen molar-refractivity contribution in [2.75, 3.05) is 5.32 Å². The Hall–Kier alpha value is -2.66. The summed E-state index contributed by atoms with van der Waals surface area (Å²) in [5.41, 5.74) is 0.112. The molecule has 0 atom stereocenters. The van der Waals surface area contributed by atoms with Gasteiger partial charge in [0.25, 0.3) is 5.91 Å². The lowest BCUT2D eigenvalue weighted by Gasteiger charge is -2.24. The monoisotopic (exact) mass is 318 g/mol. The quantitative estimate of drug-likeness (QED) is 0.692. The van der Waals surface area contributed by atoms with E-state index in [9.17, 15) is 14.9 Å². The molecule has 1 amide bonds. The van der Waals surface area contributed by atoms with E-state index in [-0.39, 0.29) is 15.4 Å². The summed E-state index contributed by atoms with van der Waals surface area (Å²) < 4.78 is 1.78. The fourth-order valence-electron chi connectivity index (χ4n) is 1.90. The zero-order valence-electron chi connectivity index (χ0n) is 12.3. The third kappa shape index (κ3) is 3.15. The molecule has 0 aliphatic rings. The van der Waals surface area contributed by atoms with Crippen molar-refractivity contribution in [2.45, 2.75) is 26.3 Å². The van der Waals surface area contributed by atoms with Gasteiger partial charge in [-0.2, -0.15) is 5.26 Å². The molecule has 2 rings (SSSR count). The van der Waals surface area contributed by atoms with Crippen molar-refractivity contribution in [1.29, 1.82) is 5.26 Å². The zero-order chi connectivity index (χ0) is 16.5. The largest absolute Gasteiger partial charge is 0.328 e. The second kappa shape index (κ2) is 5.61. The second-order valence-corrected chi connectivity index (χ2v) is 6.68. The first kappa shape index (κ1) is 15.7. The summed E-state index contributed by atoms with van der Waals surface area (Å²) in [5.74, 6) is 0.0382. The fourth-order valence-corrected chi connectivity index (χ4v) is 2.62. The first-order valence-electron chi connectivity index (χ1n) is 6.41. The number of nitro groups is 1. The topological polar surface area (TPSA) is 101 Å². The predicted octanol–water partition coefficient (Wildman–Crippen LogP) is 3.34. The Morgan fingerprint density at radius 3 is 2.64 bits per heavy atom. The van der Waals surface area contributed by atoms with Gasteiger partial charge in [-0.15, -0.1) is 0 Å². The molecule has 22 heavy (non-hydrogen) atoms. The summed E-state index contributed by atoms with van der Waals surface area (Å²) >= 11 is 0.809. The molecule has 7 nitrogen and oxygen atoms in total. The normalized spacial score (nSPS) is 11.0. The van der Waals surface area contributed by atoms with Gasteiger partial charge in [0.2, 0.25) is 0 Å². The lowest BCUT2D eigenvalue weighted by atomic mass is 10.1. The molecule has 0 spiro atoms. The van der Waals surface area contributed by atoms with Crippen LogP contribution < -0.4 is 5.32 Å². The first-order chi connectivity index (χ1) is 10.2. The van der Waals surface area contributed by atoms with Crippen LogP contribution in [0.25, 0.3) is 0 Å². The molecule has 0 saturated heterocycles. The maximum absolute atomic E-state index is 12.2. The van der Waals surface area contributed by atoms with Gasteiger partial charge in [-0.3, -0.25) is 14.9 Å². The molecule has 8 heteroatoms. The number of aromatic nitrogens is 1. The Bertz CT molecular complexity index is 777. The van der Waals surface area contributed by atoms with E-state index in [1.54, 1.807) is 16.8 Å². The maximum atomic E-state index is 12.2. The molecule has 0 aromatic carbocycles. The summed E-state index contributed by atoms with van der Waals surface area (Å²) in [6, 6.07) is 6.31. The molecule has 114 valence electrons. The molecule has 0 aliphatic carbocycles. The van der Waals surface area contributed by atoms with E-state index < -0.39 is 10.8 Å². The second-order valence-electron chi connectivity index (χ2n) is 5.62. The Balaban J connectivity index is 2.30. The molecule has 2 heterocycles. The van der Waals surface area contributed by atoms with Crippen LogP contribution in [0, 0.1) is 21.4 Å². The van der Waals surface area contributed by atoms with Crippen LogP contribution in [0.15, 0.2) is 24.4 Å². The van der Waals surface area contributed by atoms with Crippen LogP contribution in [0.2, 0.25) is 0 Å². The van der Waals surface area contributed by atoms with E-state index in [0.717, 1.165) is 11.3 Å². The zero-order valence-corrected chi connectivity index (χ0v) is 13.1. The Kier molecular flexibility index (Phi) is 4.01. The highest BCUT2D eigenvalue weighted by molar-refractivity contribution is 7.17. The van der Waals surface area contributed by atoms with Gasteiger partial charge in [0, 0.05) is 17.8 Å². The van der Waals surface area contributed by atoms with E-state index in [0.29, 0.717) is 11.4 Å². The Morgan fingerprint density at radius 1 is 1.45 bits per heavy atom. The molecule has 1 N–H and O–H groups in total. The van der Waals surface area contributed by atoms with Crippen LogP contribution in [0.3, 0.4) is 0 Å². The molecule has 0 saturated carbocycles. The van der Waals surface area contributed by atoms with Crippen molar-refractivity contribution in [2.24, 2.45) is 0 Å². The summed E-state index contributed by atoms with van der Waals surface area (Å²) in [6.07, 6.45) is 1.66. The number of hydrogen-bond acceptors (Lipinski definition) is 5. The van der Waals surface area contributed by atoms with E-state index in [2.05, 4.69) is 5.32 Å². The number of nitrogens with zero attached hydrogens (tertiary/aromatic N) is 3. The van der Waals surface area contributed by atoms with Gasteiger partial charge >= 0.3 is 5.00 Å². The van der Waals surface area contributed by atoms with Crippen LogP contribution >= 0.6 is 11.3 Å². The number of carbonyl (C=O) groups is 1. The molecule has 0 unspecified atom stereocenters. The SMILES string of the molecule is CC(C)(C)n1cc(C#N)cc1NC(=O)c1ccc([N+](=O)[O-])s1. The van der Waals surface area contributed by atoms with Crippen molar-refractivity contribution in [3.05, 3.63) is 45.0 Å². The highest BCUT2D eigenvalue weighted by Crippen LogP contribution is 2.27. The molecule has 0 aliphatic heterocycles. The smallest absolute Gasteiger partial charge is 0.324 e. The number of hydrogen-bond donors (Lipinski definition) is 1. The standard InChI is InChI=1S/C14H14N4O3S/c1-14(2,3)17-8-9(7-15)6-11(17)16-13(19)10-4-5-12(22-10)18(20)21/h4-6,8H,1-3H3,(H,16,19). The Labute approximate surface area is 130 Å². The number of nitriles is 1. The summed E-state index contributed by atoms with van der Waals surface area (Å²) in [4.78, 5) is 22.6. The number of rotatable bonds is 3. The highest BCUT2D eigenvalue weighted by Gasteiger charge is 2.21. The van der Waals surface area contributed by atoms with Crippen LogP contribution in [0.4, 0.5) is 10.8 Å². The predicted molar refractivity (Wildman–Crippen MR) is 83.1 cm³/mol. The van der Waals surface area contributed by atoms with E-state index in [4.69, 9.17) is 5.26 Å². The molecule has 2 aromatic heterocycles. The number of anilines is 1. The lowest BCUT2D eigenvalue weighted by Crippen LogP contribution is -2.24. The van der Waals surface area contributed by atoms with Crippen molar-refractivity contribution in [3.63, 3.8) is 0 Å². The average molecular weight is 318 g/mol. The third-order valence-electron chi connectivity index (χ3n) is 2.91.